The van der Waals surface area contributed by atoms with Crippen molar-refractivity contribution in [3.8, 4) is 0 Å². The van der Waals surface area contributed by atoms with Crippen molar-refractivity contribution in [3.63, 3.8) is 0 Å². The second kappa shape index (κ2) is 5.65. The Morgan fingerprint density at radius 2 is 2.20 bits per heavy atom. The van der Waals surface area contributed by atoms with Crippen LogP contribution in [0.1, 0.15) is 11.4 Å². The minimum atomic E-state index is -3.74. The van der Waals surface area contributed by atoms with Crippen LogP contribution in [-0.4, -0.2) is 35.0 Å². The van der Waals surface area contributed by atoms with E-state index in [-0.39, 0.29) is 23.5 Å². The third-order valence-electron chi connectivity index (χ3n) is 2.78. The number of benzene rings is 1. The highest BCUT2D eigenvalue weighted by atomic mass is 32.2. The summed E-state index contributed by atoms with van der Waals surface area (Å²) >= 11 is 0. The Bertz CT molecular complexity index is 687. The summed E-state index contributed by atoms with van der Waals surface area (Å²) in [7, 11) is -2.34. The van der Waals surface area contributed by atoms with Crippen LogP contribution in [0.4, 0.5) is 4.39 Å². The molecule has 1 aromatic carbocycles. The average molecular weight is 299 g/mol. The highest BCUT2D eigenvalue weighted by Gasteiger charge is 2.22. The van der Waals surface area contributed by atoms with Gasteiger partial charge in [0.15, 0.2) is 0 Å². The molecule has 3 N–H and O–H groups in total. The molecular formula is C11H14FN5O2S. The summed E-state index contributed by atoms with van der Waals surface area (Å²) in [6.07, 6.45) is 1.29. The summed E-state index contributed by atoms with van der Waals surface area (Å²) in [5.74, 6) is -0.110. The summed E-state index contributed by atoms with van der Waals surface area (Å²) in [4.78, 5) is 3.85. The summed E-state index contributed by atoms with van der Waals surface area (Å²) in [5.41, 5.74) is 5.53. The molecule has 20 heavy (non-hydrogen) atoms. The normalized spacial score (nSPS) is 12.0. The maximum absolute atomic E-state index is 13.4. The Morgan fingerprint density at radius 3 is 2.80 bits per heavy atom. The van der Waals surface area contributed by atoms with E-state index in [0.717, 1.165) is 10.4 Å². The fourth-order valence-corrected chi connectivity index (χ4v) is 2.83. The van der Waals surface area contributed by atoms with Crippen molar-refractivity contribution in [2.75, 3.05) is 7.05 Å². The van der Waals surface area contributed by atoms with Crippen molar-refractivity contribution < 1.29 is 12.8 Å². The first-order valence-electron chi connectivity index (χ1n) is 5.74. The molecule has 0 bridgehead atoms. The standard InChI is InChI=1S/C11H14FN5O2S/c1-17(6-11-14-7-15-16-11)20(18,19)9-2-3-10(12)8(4-9)5-13/h2-4,7H,5-6,13H2,1H3,(H,14,15,16). The van der Waals surface area contributed by atoms with Crippen LogP contribution < -0.4 is 5.73 Å². The van der Waals surface area contributed by atoms with E-state index in [4.69, 9.17) is 5.73 Å². The molecular weight excluding hydrogens is 285 g/mol. The van der Waals surface area contributed by atoms with Gasteiger partial charge in [0.05, 0.1) is 11.4 Å². The van der Waals surface area contributed by atoms with E-state index >= 15 is 0 Å². The second-order valence-electron chi connectivity index (χ2n) is 4.15. The first-order valence-corrected chi connectivity index (χ1v) is 7.18. The predicted octanol–water partition coefficient (Wildman–Crippen LogP) is 0.223. The number of nitrogens with zero attached hydrogens (tertiary/aromatic N) is 3. The first-order chi connectivity index (χ1) is 9.45. The minimum absolute atomic E-state index is 0.0126. The largest absolute Gasteiger partial charge is 0.326 e. The number of hydrogen-bond donors (Lipinski definition) is 2. The average Bonchev–Trinajstić information content (AvgIpc) is 2.91. The van der Waals surface area contributed by atoms with E-state index in [9.17, 15) is 12.8 Å². The molecule has 0 unspecified atom stereocenters. The van der Waals surface area contributed by atoms with Gasteiger partial charge in [-0.3, -0.25) is 5.10 Å². The van der Waals surface area contributed by atoms with Crippen LogP contribution >= 0.6 is 0 Å². The van der Waals surface area contributed by atoms with Crippen molar-refractivity contribution >= 4 is 10.0 Å². The zero-order valence-electron chi connectivity index (χ0n) is 10.7. The van der Waals surface area contributed by atoms with Gasteiger partial charge in [-0.2, -0.15) is 9.40 Å². The molecule has 0 spiro atoms. The van der Waals surface area contributed by atoms with Gasteiger partial charge in [0.25, 0.3) is 0 Å². The Kier molecular flexibility index (Phi) is 4.12. The van der Waals surface area contributed by atoms with E-state index in [2.05, 4.69) is 15.2 Å². The molecule has 0 saturated heterocycles. The SMILES string of the molecule is CN(Cc1ncn[nH]1)S(=O)(=O)c1ccc(F)c(CN)c1. The smallest absolute Gasteiger partial charge is 0.243 e. The van der Waals surface area contributed by atoms with Gasteiger partial charge in [-0.1, -0.05) is 0 Å². The van der Waals surface area contributed by atoms with Gasteiger partial charge >= 0.3 is 0 Å². The molecule has 1 heterocycles. The van der Waals surface area contributed by atoms with E-state index in [0.29, 0.717) is 5.82 Å². The monoisotopic (exact) mass is 299 g/mol. The Labute approximate surface area is 115 Å². The van der Waals surface area contributed by atoms with Crippen LogP contribution in [0.5, 0.6) is 0 Å². The number of aromatic nitrogens is 3. The third kappa shape index (κ3) is 2.84. The molecule has 0 atom stereocenters. The molecule has 108 valence electrons. The maximum Gasteiger partial charge on any atom is 0.243 e. The lowest BCUT2D eigenvalue weighted by atomic mass is 10.2. The molecule has 0 amide bonds. The summed E-state index contributed by atoms with van der Waals surface area (Å²) in [5, 5.41) is 6.22. The quantitative estimate of drug-likeness (QED) is 0.822. The number of rotatable bonds is 5. The Morgan fingerprint density at radius 1 is 1.45 bits per heavy atom. The third-order valence-corrected chi connectivity index (χ3v) is 4.58. The van der Waals surface area contributed by atoms with Crippen LogP contribution in [0.2, 0.25) is 0 Å². The molecule has 1 aromatic heterocycles. The van der Waals surface area contributed by atoms with Crippen LogP contribution in [0, 0.1) is 5.82 Å². The Hall–Kier alpha value is -1.84. The number of sulfonamides is 1. The number of H-pyrrole nitrogens is 1. The number of nitrogens with one attached hydrogen (secondary N) is 1. The van der Waals surface area contributed by atoms with Gasteiger partial charge in [0.1, 0.15) is 18.0 Å². The van der Waals surface area contributed by atoms with Crippen molar-refractivity contribution in [3.05, 3.63) is 41.7 Å². The van der Waals surface area contributed by atoms with E-state index in [1.165, 1.54) is 25.5 Å². The molecule has 7 nitrogen and oxygen atoms in total. The molecule has 0 aliphatic rings. The predicted molar refractivity (Wildman–Crippen MR) is 69.3 cm³/mol. The van der Waals surface area contributed by atoms with E-state index in [1.807, 2.05) is 0 Å². The fraction of sp³-hybridized carbons (Fsp3) is 0.273. The molecule has 0 aliphatic carbocycles. The number of hydrogen-bond acceptors (Lipinski definition) is 5. The van der Waals surface area contributed by atoms with Crippen molar-refractivity contribution in [1.82, 2.24) is 19.5 Å². The van der Waals surface area contributed by atoms with Crippen molar-refractivity contribution in [2.45, 2.75) is 18.0 Å². The van der Waals surface area contributed by atoms with Crippen LogP contribution in [0.25, 0.3) is 0 Å². The second-order valence-corrected chi connectivity index (χ2v) is 6.20. The molecule has 0 radical (unpaired) electrons. The lowest BCUT2D eigenvalue weighted by Crippen LogP contribution is -2.27. The van der Waals surface area contributed by atoms with Gasteiger partial charge in [-0.05, 0) is 18.2 Å². The van der Waals surface area contributed by atoms with Crippen molar-refractivity contribution in [1.29, 1.82) is 0 Å². The van der Waals surface area contributed by atoms with E-state index < -0.39 is 15.8 Å². The number of nitrogens with two attached hydrogens (primary N) is 1. The summed E-state index contributed by atoms with van der Waals surface area (Å²) in [6.45, 7) is -0.0291. The van der Waals surface area contributed by atoms with Gasteiger partial charge in [0, 0.05) is 19.2 Å². The van der Waals surface area contributed by atoms with Gasteiger partial charge in [0.2, 0.25) is 10.0 Å². The number of aromatic amines is 1. The molecule has 0 aliphatic heterocycles. The van der Waals surface area contributed by atoms with Gasteiger partial charge in [-0.25, -0.2) is 17.8 Å². The molecule has 0 saturated carbocycles. The van der Waals surface area contributed by atoms with Gasteiger partial charge in [-0.15, -0.1) is 0 Å². The lowest BCUT2D eigenvalue weighted by Gasteiger charge is -2.16. The van der Waals surface area contributed by atoms with Gasteiger partial charge < -0.3 is 5.73 Å². The Balaban J connectivity index is 2.29. The summed E-state index contributed by atoms with van der Waals surface area (Å²) in [6, 6.07) is 3.54. The van der Waals surface area contributed by atoms with Crippen LogP contribution in [-0.2, 0) is 23.1 Å². The molecule has 9 heteroatoms. The van der Waals surface area contributed by atoms with Crippen LogP contribution in [0.3, 0.4) is 0 Å². The highest BCUT2D eigenvalue weighted by Crippen LogP contribution is 2.19. The summed E-state index contributed by atoms with van der Waals surface area (Å²) < 4.78 is 39.1. The van der Waals surface area contributed by atoms with Crippen LogP contribution in [0.15, 0.2) is 29.4 Å². The lowest BCUT2D eigenvalue weighted by molar-refractivity contribution is 0.457. The number of halogens is 1. The topological polar surface area (TPSA) is 105 Å². The van der Waals surface area contributed by atoms with E-state index in [1.54, 1.807) is 0 Å². The molecule has 0 fully saturated rings. The maximum atomic E-state index is 13.4. The fourth-order valence-electron chi connectivity index (χ4n) is 1.65. The molecule has 2 rings (SSSR count). The highest BCUT2D eigenvalue weighted by molar-refractivity contribution is 7.89. The zero-order chi connectivity index (χ0) is 14.8. The van der Waals surface area contributed by atoms with Crippen molar-refractivity contribution in [2.24, 2.45) is 5.73 Å². The minimum Gasteiger partial charge on any atom is -0.326 e. The zero-order valence-corrected chi connectivity index (χ0v) is 11.6. The first kappa shape index (κ1) is 14.6. The molecule has 2 aromatic rings.